The molecule has 0 saturated carbocycles. The third-order valence-corrected chi connectivity index (χ3v) is 7.86. The van der Waals surface area contributed by atoms with Gasteiger partial charge in [-0.05, 0) is 17.9 Å². The molecule has 0 aromatic rings. The highest BCUT2D eigenvalue weighted by Gasteiger charge is 2.30. The van der Waals surface area contributed by atoms with Gasteiger partial charge in [-0.2, -0.15) is 0 Å². The van der Waals surface area contributed by atoms with Crippen molar-refractivity contribution in [3.63, 3.8) is 0 Å². The molecule has 5 heteroatoms. The standard InChI is InChI=1S/C22H43NO3Si/c1-18(2)11-9-13-21(20(5)27(6,7)8)26-16-15-25-17-22(24)23-14-10-12-19(3)4/h18-21H,9,11,13-17H2,1-8H3,(H,23,24). The van der Waals surface area contributed by atoms with Crippen molar-refractivity contribution in [1.29, 1.82) is 0 Å². The Hall–Kier alpha value is -0.833. The first-order valence-corrected chi connectivity index (χ1v) is 14.1. The van der Waals surface area contributed by atoms with E-state index < -0.39 is 8.07 Å². The van der Waals surface area contributed by atoms with E-state index in [9.17, 15) is 4.79 Å². The highest BCUT2D eigenvalue weighted by molar-refractivity contribution is 6.77. The van der Waals surface area contributed by atoms with Crippen molar-refractivity contribution in [2.75, 3.05) is 26.4 Å². The second-order valence-corrected chi connectivity index (χ2v) is 14.8. The Labute approximate surface area is 169 Å². The molecule has 0 rings (SSSR count). The molecule has 0 aliphatic carbocycles. The monoisotopic (exact) mass is 397 g/mol. The summed E-state index contributed by atoms with van der Waals surface area (Å²) >= 11 is 0. The molecule has 2 unspecified atom stereocenters. The molecular formula is C22H43NO3Si. The smallest absolute Gasteiger partial charge is 0.246 e. The van der Waals surface area contributed by atoms with Crippen molar-refractivity contribution in [3.05, 3.63) is 0 Å². The number of ether oxygens (including phenoxy) is 2. The van der Waals surface area contributed by atoms with E-state index in [2.05, 4.69) is 57.6 Å². The van der Waals surface area contributed by atoms with Crippen LogP contribution >= 0.6 is 0 Å². The lowest BCUT2D eigenvalue weighted by Crippen LogP contribution is -2.36. The molecule has 0 aliphatic rings. The third-order valence-electron chi connectivity index (χ3n) is 4.75. The Bertz CT molecular complexity index is 460. The van der Waals surface area contributed by atoms with E-state index in [1.54, 1.807) is 0 Å². The van der Waals surface area contributed by atoms with E-state index in [1.807, 2.05) is 13.8 Å². The van der Waals surface area contributed by atoms with Gasteiger partial charge < -0.3 is 14.8 Å². The fourth-order valence-corrected chi connectivity index (χ4v) is 4.01. The van der Waals surface area contributed by atoms with Gasteiger partial charge in [0.05, 0.1) is 25.9 Å². The number of carbonyl (C=O) groups is 1. The van der Waals surface area contributed by atoms with E-state index in [0.717, 1.165) is 12.3 Å². The van der Waals surface area contributed by atoms with Crippen molar-refractivity contribution in [2.45, 2.75) is 85.2 Å². The number of hydrogen-bond donors (Lipinski definition) is 1. The maximum Gasteiger partial charge on any atom is 0.246 e. The summed E-state index contributed by atoms with van der Waals surface area (Å²) in [6.45, 7) is 19.6. The summed E-state index contributed by atoms with van der Waals surface area (Å²) < 4.78 is 11.6. The molecule has 1 amide bonds. The van der Waals surface area contributed by atoms with Crippen LogP contribution in [0.1, 0.15) is 53.9 Å². The number of rotatable bonds is 13. The van der Waals surface area contributed by atoms with E-state index >= 15 is 0 Å². The first-order chi connectivity index (χ1) is 12.5. The molecular weight excluding hydrogens is 354 g/mol. The largest absolute Gasteiger partial charge is 0.376 e. The molecule has 0 aromatic heterocycles. The Balaban J connectivity index is 4.14. The SMILES string of the molecule is CC(C)C#CCNC(=O)COCCOC(CCCC(C)C)C(C)[Si](C)(C)C. The fourth-order valence-electron chi connectivity index (χ4n) is 2.63. The van der Waals surface area contributed by atoms with Crippen molar-refractivity contribution >= 4 is 14.0 Å². The van der Waals surface area contributed by atoms with Gasteiger partial charge in [0, 0.05) is 14.0 Å². The van der Waals surface area contributed by atoms with Gasteiger partial charge >= 0.3 is 0 Å². The minimum atomic E-state index is -1.26. The van der Waals surface area contributed by atoms with E-state index in [0.29, 0.717) is 37.3 Å². The molecule has 0 fully saturated rings. The van der Waals surface area contributed by atoms with Crippen LogP contribution in [0.4, 0.5) is 0 Å². The topological polar surface area (TPSA) is 47.6 Å². The van der Waals surface area contributed by atoms with Gasteiger partial charge in [-0.15, -0.1) is 0 Å². The van der Waals surface area contributed by atoms with E-state index in [-0.39, 0.29) is 12.5 Å². The van der Waals surface area contributed by atoms with Crippen molar-refractivity contribution in [2.24, 2.45) is 11.8 Å². The predicted molar refractivity (Wildman–Crippen MR) is 118 cm³/mol. The van der Waals surface area contributed by atoms with Crippen molar-refractivity contribution < 1.29 is 14.3 Å². The molecule has 0 radical (unpaired) electrons. The van der Waals surface area contributed by atoms with Crippen LogP contribution in [0.3, 0.4) is 0 Å². The zero-order valence-corrected chi connectivity index (χ0v) is 20.0. The first-order valence-electron chi connectivity index (χ1n) is 10.5. The summed E-state index contributed by atoms with van der Waals surface area (Å²) in [5.74, 6) is 6.87. The second kappa shape index (κ2) is 14.2. The quantitative estimate of drug-likeness (QED) is 0.278. The van der Waals surface area contributed by atoms with Gasteiger partial charge in [-0.3, -0.25) is 4.79 Å². The highest BCUT2D eigenvalue weighted by Crippen LogP contribution is 2.30. The van der Waals surface area contributed by atoms with E-state index in [4.69, 9.17) is 9.47 Å². The van der Waals surface area contributed by atoms with Gasteiger partial charge in [0.2, 0.25) is 5.91 Å². The van der Waals surface area contributed by atoms with Crippen LogP contribution < -0.4 is 5.32 Å². The summed E-state index contributed by atoms with van der Waals surface area (Å²) in [5.41, 5.74) is 0.604. The van der Waals surface area contributed by atoms with Crippen molar-refractivity contribution in [1.82, 2.24) is 5.32 Å². The van der Waals surface area contributed by atoms with Crippen LogP contribution in [-0.2, 0) is 14.3 Å². The summed E-state index contributed by atoms with van der Waals surface area (Å²) in [5, 5.41) is 2.74. The molecule has 27 heavy (non-hydrogen) atoms. The molecule has 0 aliphatic heterocycles. The minimum absolute atomic E-state index is 0.0638. The highest BCUT2D eigenvalue weighted by atomic mass is 28.3. The lowest BCUT2D eigenvalue weighted by molar-refractivity contribution is -0.126. The average Bonchev–Trinajstić information content (AvgIpc) is 2.54. The van der Waals surface area contributed by atoms with Gasteiger partial charge in [-0.25, -0.2) is 0 Å². The summed E-state index contributed by atoms with van der Waals surface area (Å²) in [6.07, 6.45) is 3.85. The molecule has 1 N–H and O–H groups in total. The minimum Gasteiger partial charge on any atom is -0.376 e. The normalized spacial score (nSPS) is 14.0. The summed E-state index contributed by atoms with van der Waals surface area (Å²) in [6, 6.07) is 0. The van der Waals surface area contributed by atoms with Gasteiger partial charge in [0.25, 0.3) is 0 Å². The second-order valence-electron chi connectivity index (χ2n) is 9.19. The molecule has 4 nitrogen and oxygen atoms in total. The van der Waals surface area contributed by atoms with Crippen LogP contribution in [0.2, 0.25) is 25.2 Å². The number of hydrogen-bond acceptors (Lipinski definition) is 3. The Kier molecular flexibility index (Phi) is 13.8. The van der Waals surface area contributed by atoms with Crippen LogP contribution in [-0.4, -0.2) is 46.5 Å². The Morgan fingerprint density at radius 1 is 1.04 bits per heavy atom. The Morgan fingerprint density at radius 3 is 2.26 bits per heavy atom. The average molecular weight is 398 g/mol. The molecule has 0 heterocycles. The Morgan fingerprint density at radius 2 is 1.70 bits per heavy atom. The van der Waals surface area contributed by atoms with Crippen LogP contribution in [0.5, 0.6) is 0 Å². The van der Waals surface area contributed by atoms with Crippen LogP contribution in [0.25, 0.3) is 0 Å². The predicted octanol–water partition coefficient (Wildman–Crippen LogP) is 4.72. The van der Waals surface area contributed by atoms with Crippen LogP contribution in [0, 0.1) is 23.7 Å². The number of amides is 1. The lowest BCUT2D eigenvalue weighted by Gasteiger charge is -2.33. The molecule has 0 spiro atoms. The zero-order valence-electron chi connectivity index (χ0n) is 19.0. The lowest BCUT2D eigenvalue weighted by atomic mass is 10.0. The van der Waals surface area contributed by atoms with Crippen LogP contribution in [0.15, 0.2) is 0 Å². The van der Waals surface area contributed by atoms with Gasteiger partial charge in [0.1, 0.15) is 6.61 Å². The van der Waals surface area contributed by atoms with Gasteiger partial charge in [-0.1, -0.05) is 78.9 Å². The first kappa shape index (κ1) is 26.2. The summed E-state index contributed by atoms with van der Waals surface area (Å²) in [4.78, 5) is 11.7. The van der Waals surface area contributed by atoms with E-state index in [1.165, 1.54) is 12.8 Å². The van der Waals surface area contributed by atoms with Crippen molar-refractivity contribution in [3.8, 4) is 11.8 Å². The maximum atomic E-state index is 11.7. The molecule has 0 saturated heterocycles. The number of nitrogens with one attached hydrogen (secondary N) is 1. The fraction of sp³-hybridized carbons (Fsp3) is 0.864. The molecule has 0 bridgehead atoms. The van der Waals surface area contributed by atoms with Gasteiger partial charge in [0.15, 0.2) is 0 Å². The summed E-state index contributed by atoms with van der Waals surface area (Å²) in [7, 11) is -1.26. The molecule has 0 aromatic carbocycles. The zero-order chi connectivity index (χ0) is 20.9. The molecule has 158 valence electrons. The number of carbonyl (C=O) groups excluding carboxylic acids is 1. The molecule has 2 atom stereocenters. The third kappa shape index (κ3) is 14.8. The maximum absolute atomic E-state index is 11.7.